The summed E-state index contributed by atoms with van der Waals surface area (Å²) >= 11 is 0. The Labute approximate surface area is 145 Å². The molecule has 0 unspecified atom stereocenters. The van der Waals surface area contributed by atoms with Crippen molar-refractivity contribution in [2.45, 2.75) is 38.9 Å². The molecule has 0 atom stereocenters. The highest BCUT2D eigenvalue weighted by Gasteiger charge is 2.51. The molecule has 2 aliphatic heterocycles. The molecule has 2 heterocycles. The van der Waals surface area contributed by atoms with Crippen LogP contribution in [0.4, 0.5) is 5.69 Å². The second kappa shape index (κ2) is 6.07. The Balaban J connectivity index is 1.90. The lowest BCUT2D eigenvalue weighted by atomic mass is 9.78. The van der Waals surface area contributed by atoms with Gasteiger partial charge in [-0.15, -0.1) is 0 Å². The first-order chi connectivity index (χ1) is 11.2. The molecular formula is C18H26BN3O2. The van der Waals surface area contributed by atoms with Crippen molar-refractivity contribution in [1.29, 1.82) is 5.26 Å². The largest absolute Gasteiger partial charge is 0.494 e. The van der Waals surface area contributed by atoms with Gasteiger partial charge in [-0.25, -0.2) is 0 Å². The smallest absolute Gasteiger partial charge is 0.399 e. The standard InChI is InChI=1S/C18H26BN3O2/c1-17(2)18(3,4)24-19(23-17)15-10-14(13-20)11-16(12-15)22-8-6-21(5)7-9-22/h10-12H,6-9H2,1-5H3. The quantitative estimate of drug-likeness (QED) is 0.773. The fourth-order valence-electron chi connectivity index (χ4n) is 3.06. The molecule has 0 bridgehead atoms. The van der Waals surface area contributed by atoms with Gasteiger partial charge >= 0.3 is 7.12 Å². The van der Waals surface area contributed by atoms with Crippen LogP contribution < -0.4 is 10.4 Å². The van der Waals surface area contributed by atoms with Gasteiger partial charge in [0.05, 0.1) is 22.8 Å². The highest BCUT2D eigenvalue weighted by atomic mass is 16.7. The molecule has 0 radical (unpaired) electrons. The third-order valence-electron chi connectivity index (χ3n) is 5.46. The van der Waals surface area contributed by atoms with Gasteiger partial charge in [0.25, 0.3) is 0 Å². The summed E-state index contributed by atoms with van der Waals surface area (Å²) in [7, 11) is 1.70. The van der Waals surface area contributed by atoms with Crippen molar-refractivity contribution in [2.75, 3.05) is 38.1 Å². The predicted molar refractivity (Wildman–Crippen MR) is 96.6 cm³/mol. The lowest BCUT2D eigenvalue weighted by Crippen LogP contribution is -2.45. The van der Waals surface area contributed by atoms with Gasteiger partial charge in [0.1, 0.15) is 0 Å². The SMILES string of the molecule is CN1CCN(c2cc(C#N)cc(B3OC(C)(C)C(C)(C)O3)c2)CC1. The van der Waals surface area contributed by atoms with Crippen LogP contribution in [0.3, 0.4) is 0 Å². The highest BCUT2D eigenvalue weighted by molar-refractivity contribution is 6.62. The molecule has 1 aromatic carbocycles. The number of likely N-dealkylation sites (N-methyl/N-ethyl adjacent to an activating group) is 1. The molecular weight excluding hydrogens is 301 g/mol. The number of anilines is 1. The third-order valence-corrected chi connectivity index (χ3v) is 5.46. The van der Waals surface area contributed by atoms with Crippen molar-refractivity contribution in [1.82, 2.24) is 4.90 Å². The van der Waals surface area contributed by atoms with Crippen LogP contribution in [-0.2, 0) is 9.31 Å². The summed E-state index contributed by atoms with van der Waals surface area (Å²) in [6.07, 6.45) is 0. The van der Waals surface area contributed by atoms with E-state index < -0.39 is 7.12 Å². The summed E-state index contributed by atoms with van der Waals surface area (Å²) in [5, 5.41) is 9.42. The van der Waals surface area contributed by atoms with E-state index in [1.54, 1.807) is 0 Å². The Hall–Kier alpha value is -1.55. The molecule has 1 aromatic rings. The van der Waals surface area contributed by atoms with Crippen LogP contribution in [-0.4, -0.2) is 56.4 Å². The molecule has 0 aliphatic carbocycles. The zero-order valence-corrected chi connectivity index (χ0v) is 15.3. The summed E-state index contributed by atoms with van der Waals surface area (Å²) in [5.41, 5.74) is 1.88. The lowest BCUT2D eigenvalue weighted by molar-refractivity contribution is 0.00578. The van der Waals surface area contributed by atoms with Gasteiger partial charge in [0.15, 0.2) is 0 Å². The average molecular weight is 327 g/mol. The number of nitriles is 1. The van der Waals surface area contributed by atoms with E-state index in [-0.39, 0.29) is 11.2 Å². The number of hydrogen-bond donors (Lipinski definition) is 0. The minimum absolute atomic E-state index is 0.381. The van der Waals surface area contributed by atoms with Gasteiger partial charge in [-0.1, -0.05) is 0 Å². The van der Waals surface area contributed by atoms with Crippen LogP contribution in [0.5, 0.6) is 0 Å². The number of benzene rings is 1. The van der Waals surface area contributed by atoms with E-state index in [4.69, 9.17) is 9.31 Å². The van der Waals surface area contributed by atoms with Crippen molar-refractivity contribution in [3.05, 3.63) is 23.8 Å². The summed E-state index contributed by atoms with van der Waals surface area (Å²) in [6, 6.07) is 8.21. The zero-order valence-electron chi connectivity index (χ0n) is 15.3. The maximum absolute atomic E-state index is 9.42. The van der Waals surface area contributed by atoms with Crippen molar-refractivity contribution >= 4 is 18.3 Å². The molecule has 0 aromatic heterocycles. The van der Waals surface area contributed by atoms with Crippen LogP contribution in [0, 0.1) is 11.3 Å². The molecule has 24 heavy (non-hydrogen) atoms. The van der Waals surface area contributed by atoms with Gasteiger partial charge in [-0.2, -0.15) is 5.26 Å². The van der Waals surface area contributed by atoms with Crippen molar-refractivity contribution < 1.29 is 9.31 Å². The molecule has 0 amide bonds. The first kappa shape index (κ1) is 17.3. The van der Waals surface area contributed by atoms with E-state index in [0.717, 1.165) is 37.3 Å². The molecule has 2 aliphatic rings. The van der Waals surface area contributed by atoms with Gasteiger partial charge < -0.3 is 19.1 Å². The highest BCUT2D eigenvalue weighted by Crippen LogP contribution is 2.36. The van der Waals surface area contributed by atoms with Crippen LogP contribution in [0.1, 0.15) is 33.3 Å². The molecule has 2 fully saturated rings. The Kier molecular flexibility index (Phi) is 4.37. The summed E-state index contributed by atoms with van der Waals surface area (Å²) in [4.78, 5) is 4.65. The van der Waals surface area contributed by atoms with E-state index >= 15 is 0 Å². The monoisotopic (exact) mass is 327 g/mol. The van der Waals surface area contributed by atoms with Crippen LogP contribution >= 0.6 is 0 Å². The van der Waals surface area contributed by atoms with Gasteiger partial charge in [0, 0.05) is 31.9 Å². The Bertz CT molecular complexity index is 645. The summed E-state index contributed by atoms with van der Waals surface area (Å²) in [6.45, 7) is 12.2. The first-order valence-corrected chi connectivity index (χ1v) is 8.56. The minimum Gasteiger partial charge on any atom is -0.399 e. The number of nitrogens with zero attached hydrogens (tertiary/aromatic N) is 3. The van der Waals surface area contributed by atoms with Crippen LogP contribution in [0.2, 0.25) is 0 Å². The van der Waals surface area contributed by atoms with E-state index in [9.17, 15) is 5.26 Å². The second-order valence-corrected chi connectivity index (χ2v) is 7.80. The third kappa shape index (κ3) is 3.17. The van der Waals surface area contributed by atoms with Crippen LogP contribution in [0.25, 0.3) is 0 Å². The summed E-state index contributed by atoms with van der Waals surface area (Å²) < 4.78 is 12.3. The normalized spacial score (nSPS) is 23.3. The summed E-state index contributed by atoms with van der Waals surface area (Å²) in [5.74, 6) is 0. The number of piperazine rings is 1. The van der Waals surface area contributed by atoms with E-state index in [2.05, 4.69) is 29.0 Å². The number of hydrogen-bond acceptors (Lipinski definition) is 5. The molecule has 0 saturated carbocycles. The van der Waals surface area contributed by atoms with Gasteiger partial charge in [-0.3, -0.25) is 0 Å². The molecule has 0 N–H and O–H groups in total. The maximum Gasteiger partial charge on any atom is 0.494 e. The molecule has 0 spiro atoms. The van der Waals surface area contributed by atoms with E-state index in [1.165, 1.54) is 0 Å². The fourth-order valence-corrected chi connectivity index (χ4v) is 3.06. The van der Waals surface area contributed by atoms with Crippen LogP contribution in [0.15, 0.2) is 18.2 Å². The number of rotatable bonds is 2. The van der Waals surface area contributed by atoms with Crippen molar-refractivity contribution in [2.24, 2.45) is 0 Å². The van der Waals surface area contributed by atoms with Gasteiger partial charge in [0.2, 0.25) is 0 Å². The molecule has 2 saturated heterocycles. The van der Waals surface area contributed by atoms with Crippen molar-refractivity contribution in [3.8, 4) is 6.07 Å². The topological polar surface area (TPSA) is 48.7 Å². The molecule has 3 rings (SSSR count). The predicted octanol–water partition coefficient (Wildman–Crippen LogP) is 1.61. The van der Waals surface area contributed by atoms with E-state index in [1.807, 2.05) is 39.8 Å². The molecule has 128 valence electrons. The minimum atomic E-state index is -0.436. The second-order valence-electron chi connectivity index (χ2n) is 7.80. The molecule has 5 nitrogen and oxygen atoms in total. The lowest BCUT2D eigenvalue weighted by Gasteiger charge is -2.34. The fraction of sp³-hybridized carbons (Fsp3) is 0.611. The van der Waals surface area contributed by atoms with Crippen molar-refractivity contribution in [3.63, 3.8) is 0 Å². The zero-order chi connectivity index (χ0) is 17.5. The van der Waals surface area contributed by atoms with Gasteiger partial charge in [-0.05, 0) is 58.4 Å². The Morgan fingerprint density at radius 3 is 2.12 bits per heavy atom. The van der Waals surface area contributed by atoms with E-state index in [0.29, 0.717) is 5.56 Å². The maximum atomic E-state index is 9.42. The first-order valence-electron chi connectivity index (χ1n) is 8.56. The average Bonchev–Trinajstić information content (AvgIpc) is 2.76. The molecule has 6 heteroatoms. The Morgan fingerprint density at radius 2 is 1.58 bits per heavy atom. The Morgan fingerprint density at radius 1 is 1.00 bits per heavy atom.